The third kappa shape index (κ3) is 3.12. The summed E-state index contributed by atoms with van der Waals surface area (Å²) >= 11 is 1.60. The fourth-order valence-corrected chi connectivity index (χ4v) is 4.64. The number of likely N-dealkylation sites (tertiary alicyclic amines) is 1. The molecule has 0 radical (unpaired) electrons. The van der Waals surface area contributed by atoms with Crippen LogP contribution in [0.15, 0.2) is 0 Å². The molecule has 2 aliphatic rings. The summed E-state index contributed by atoms with van der Waals surface area (Å²) in [4.78, 5) is 15.6. The van der Waals surface area contributed by atoms with Crippen LogP contribution in [0.5, 0.6) is 0 Å². The summed E-state index contributed by atoms with van der Waals surface area (Å²) in [6.07, 6.45) is 5.51. The quantitative estimate of drug-likeness (QED) is 0.934. The van der Waals surface area contributed by atoms with Gasteiger partial charge in [-0.25, -0.2) is 0 Å². The average molecular weight is 303 g/mol. The Morgan fingerprint density at radius 3 is 2.95 bits per heavy atom. The van der Waals surface area contributed by atoms with Crippen molar-refractivity contribution in [2.45, 2.75) is 39.0 Å². The van der Waals surface area contributed by atoms with Crippen molar-refractivity contribution in [2.24, 2.45) is 5.92 Å². The van der Waals surface area contributed by atoms with Gasteiger partial charge in [0, 0.05) is 4.88 Å². The van der Waals surface area contributed by atoms with Crippen LogP contribution in [-0.4, -0.2) is 30.4 Å². The Bertz CT molecular complexity index is 581. The Morgan fingerprint density at radius 1 is 1.48 bits per heavy atom. The molecule has 2 heterocycles. The van der Waals surface area contributed by atoms with E-state index < -0.39 is 0 Å². The fraction of sp³-hybridized carbons (Fsp3) is 0.625. The zero-order valence-corrected chi connectivity index (χ0v) is 13.3. The van der Waals surface area contributed by atoms with E-state index in [0.717, 1.165) is 37.4 Å². The third-order valence-electron chi connectivity index (χ3n) is 4.44. The minimum atomic E-state index is 0.0139. The lowest BCUT2D eigenvalue weighted by molar-refractivity contribution is -0.117. The summed E-state index contributed by atoms with van der Waals surface area (Å²) in [5.41, 5.74) is 1.88. The molecule has 4 nitrogen and oxygen atoms in total. The van der Waals surface area contributed by atoms with Gasteiger partial charge >= 0.3 is 0 Å². The van der Waals surface area contributed by atoms with Gasteiger partial charge in [-0.1, -0.05) is 6.92 Å². The fourth-order valence-electron chi connectivity index (χ4n) is 3.27. The van der Waals surface area contributed by atoms with Crippen LogP contribution in [0.3, 0.4) is 0 Å². The van der Waals surface area contributed by atoms with Crippen molar-refractivity contribution in [1.29, 1.82) is 5.26 Å². The Labute approximate surface area is 129 Å². The average Bonchev–Trinajstić information content (AvgIpc) is 3.05. The molecule has 112 valence electrons. The summed E-state index contributed by atoms with van der Waals surface area (Å²) in [6, 6.07) is 2.30. The van der Waals surface area contributed by atoms with Gasteiger partial charge in [-0.2, -0.15) is 5.26 Å². The van der Waals surface area contributed by atoms with Gasteiger partial charge in [0.25, 0.3) is 0 Å². The second kappa shape index (κ2) is 6.17. The van der Waals surface area contributed by atoms with E-state index in [-0.39, 0.29) is 5.91 Å². The molecule has 0 bridgehead atoms. The first-order valence-electron chi connectivity index (χ1n) is 7.74. The van der Waals surface area contributed by atoms with E-state index >= 15 is 0 Å². The van der Waals surface area contributed by atoms with Crippen LogP contribution in [0, 0.1) is 17.2 Å². The largest absolute Gasteiger partial charge is 0.315 e. The SMILES string of the molecule is C[C@H]1CCc2c(sc(NC(=O)CN3CCCC3)c2C#N)C1. The number of hydrogen-bond donors (Lipinski definition) is 1. The highest BCUT2D eigenvalue weighted by atomic mass is 32.1. The maximum absolute atomic E-state index is 12.2. The molecule has 1 saturated heterocycles. The summed E-state index contributed by atoms with van der Waals surface area (Å²) in [7, 11) is 0. The van der Waals surface area contributed by atoms with E-state index in [1.54, 1.807) is 11.3 Å². The highest BCUT2D eigenvalue weighted by molar-refractivity contribution is 7.16. The lowest BCUT2D eigenvalue weighted by atomic mass is 9.89. The molecule has 3 rings (SSSR count). The standard InChI is InChI=1S/C16H21N3OS/c1-11-4-5-12-13(9-17)16(21-14(12)8-11)18-15(20)10-19-6-2-3-7-19/h11H,2-8,10H2,1H3,(H,18,20)/t11-/m0/s1. The number of fused-ring (bicyclic) bond motifs is 1. The van der Waals surface area contributed by atoms with E-state index in [9.17, 15) is 10.1 Å². The first-order valence-corrected chi connectivity index (χ1v) is 8.56. The lowest BCUT2D eigenvalue weighted by Crippen LogP contribution is -2.30. The number of amides is 1. The van der Waals surface area contributed by atoms with E-state index in [1.807, 2.05) is 0 Å². The number of hydrogen-bond acceptors (Lipinski definition) is 4. The summed E-state index contributed by atoms with van der Waals surface area (Å²) in [5, 5.41) is 13.2. The van der Waals surface area contributed by atoms with Gasteiger partial charge in [-0.15, -0.1) is 11.3 Å². The van der Waals surface area contributed by atoms with Crippen molar-refractivity contribution in [3.05, 3.63) is 16.0 Å². The highest BCUT2D eigenvalue weighted by Crippen LogP contribution is 2.39. The van der Waals surface area contributed by atoms with E-state index in [0.29, 0.717) is 18.0 Å². The maximum atomic E-state index is 12.2. The second-order valence-corrected chi connectivity index (χ2v) is 7.30. The van der Waals surface area contributed by atoms with Gasteiger partial charge in [0.1, 0.15) is 11.1 Å². The summed E-state index contributed by atoms with van der Waals surface area (Å²) in [6.45, 7) is 4.72. The normalized spacial score (nSPS) is 21.8. The van der Waals surface area contributed by atoms with Gasteiger partial charge in [-0.05, 0) is 56.7 Å². The van der Waals surface area contributed by atoms with Gasteiger partial charge in [0.05, 0.1) is 12.1 Å². The molecule has 0 spiro atoms. The van der Waals surface area contributed by atoms with Crippen LogP contribution in [0.2, 0.25) is 0 Å². The van der Waals surface area contributed by atoms with Crippen molar-refractivity contribution in [3.8, 4) is 6.07 Å². The van der Waals surface area contributed by atoms with Crippen molar-refractivity contribution in [2.75, 3.05) is 25.0 Å². The molecule has 0 aromatic carbocycles. The molecule has 1 aliphatic heterocycles. The molecule has 5 heteroatoms. The molecule has 1 aliphatic carbocycles. The Kier molecular flexibility index (Phi) is 4.27. The number of nitriles is 1. The molecular formula is C16H21N3OS. The van der Waals surface area contributed by atoms with Gasteiger partial charge in [0.15, 0.2) is 0 Å². The van der Waals surface area contributed by atoms with Crippen LogP contribution < -0.4 is 5.32 Å². The Balaban J connectivity index is 1.73. The van der Waals surface area contributed by atoms with Crippen molar-refractivity contribution in [3.63, 3.8) is 0 Å². The topological polar surface area (TPSA) is 56.1 Å². The molecule has 1 aromatic heterocycles. The predicted octanol–water partition coefficient (Wildman–Crippen LogP) is 2.78. The minimum Gasteiger partial charge on any atom is -0.315 e. The van der Waals surface area contributed by atoms with E-state index in [1.165, 1.54) is 23.3 Å². The van der Waals surface area contributed by atoms with Crippen LogP contribution in [0.1, 0.15) is 42.2 Å². The highest BCUT2D eigenvalue weighted by Gasteiger charge is 2.25. The molecule has 1 N–H and O–H groups in total. The molecule has 1 aromatic rings. The number of nitrogens with one attached hydrogen (secondary N) is 1. The van der Waals surface area contributed by atoms with Gasteiger partial charge < -0.3 is 5.32 Å². The van der Waals surface area contributed by atoms with Gasteiger partial charge in [-0.3, -0.25) is 9.69 Å². The maximum Gasteiger partial charge on any atom is 0.239 e. The van der Waals surface area contributed by atoms with Crippen molar-refractivity contribution >= 4 is 22.2 Å². The molecular weight excluding hydrogens is 282 g/mol. The molecule has 21 heavy (non-hydrogen) atoms. The molecule has 0 saturated carbocycles. The van der Waals surface area contributed by atoms with Gasteiger partial charge in [0.2, 0.25) is 5.91 Å². The van der Waals surface area contributed by atoms with Crippen molar-refractivity contribution in [1.82, 2.24) is 4.90 Å². The Morgan fingerprint density at radius 2 is 2.24 bits per heavy atom. The summed E-state index contributed by atoms with van der Waals surface area (Å²) < 4.78 is 0. The zero-order valence-electron chi connectivity index (χ0n) is 12.4. The smallest absolute Gasteiger partial charge is 0.239 e. The van der Waals surface area contributed by atoms with Crippen LogP contribution in [-0.2, 0) is 17.6 Å². The number of carbonyl (C=O) groups is 1. The number of anilines is 1. The van der Waals surface area contributed by atoms with Crippen LogP contribution in [0.25, 0.3) is 0 Å². The number of nitrogens with zero attached hydrogens (tertiary/aromatic N) is 2. The molecule has 0 unspecified atom stereocenters. The Hall–Kier alpha value is -1.38. The lowest BCUT2D eigenvalue weighted by Gasteiger charge is -2.17. The summed E-state index contributed by atoms with van der Waals surface area (Å²) in [5.74, 6) is 0.691. The molecule has 1 atom stereocenters. The predicted molar refractivity (Wildman–Crippen MR) is 84.5 cm³/mol. The zero-order chi connectivity index (χ0) is 14.8. The molecule has 1 amide bonds. The van der Waals surface area contributed by atoms with E-state index in [2.05, 4.69) is 23.2 Å². The van der Waals surface area contributed by atoms with Crippen molar-refractivity contribution < 1.29 is 4.79 Å². The first kappa shape index (κ1) is 14.6. The number of thiophene rings is 1. The number of rotatable bonds is 3. The van der Waals surface area contributed by atoms with Crippen LogP contribution >= 0.6 is 11.3 Å². The molecule has 1 fully saturated rings. The second-order valence-electron chi connectivity index (χ2n) is 6.20. The minimum absolute atomic E-state index is 0.0139. The van der Waals surface area contributed by atoms with E-state index in [4.69, 9.17) is 0 Å². The monoisotopic (exact) mass is 303 g/mol. The van der Waals surface area contributed by atoms with Crippen LogP contribution in [0.4, 0.5) is 5.00 Å². The third-order valence-corrected chi connectivity index (χ3v) is 5.61. The first-order chi connectivity index (χ1) is 10.2. The number of carbonyl (C=O) groups excluding carboxylic acids is 1.